The lowest BCUT2D eigenvalue weighted by molar-refractivity contribution is -0.425. The highest BCUT2D eigenvalue weighted by Crippen LogP contribution is 2.22. The predicted octanol–water partition coefficient (Wildman–Crippen LogP) is 3.37. The Morgan fingerprint density at radius 3 is 2.94 bits per heavy atom. The number of pyridine rings is 1. The zero-order valence-electron chi connectivity index (χ0n) is 9.87. The number of furan rings is 1. The van der Waals surface area contributed by atoms with Crippen molar-refractivity contribution in [1.29, 1.82) is 0 Å². The molecule has 0 aromatic carbocycles. The maximum atomic E-state index is 10.7. The van der Waals surface area contributed by atoms with E-state index in [-0.39, 0.29) is 5.70 Å². The molecule has 0 aliphatic rings. The Morgan fingerprint density at radius 1 is 1.50 bits per heavy atom. The Morgan fingerprint density at radius 2 is 2.33 bits per heavy atom. The van der Waals surface area contributed by atoms with Crippen LogP contribution in [0.2, 0.25) is 0 Å². The van der Waals surface area contributed by atoms with Gasteiger partial charge in [0.2, 0.25) is 5.70 Å². The quantitative estimate of drug-likeness (QED) is 0.610. The first-order valence-corrected chi connectivity index (χ1v) is 5.56. The van der Waals surface area contributed by atoms with Gasteiger partial charge in [0.25, 0.3) is 0 Å². The maximum absolute atomic E-state index is 10.7. The summed E-state index contributed by atoms with van der Waals surface area (Å²) in [4.78, 5) is 14.3. The lowest BCUT2D eigenvalue weighted by Crippen LogP contribution is -1.95. The van der Waals surface area contributed by atoms with Crippen molar-refractivity contribution in [3.63, 3.8) is 0 Å². The number of allylic oxidation sites excluding steroid dienone is 1. The molecule has 0 fully saturated rings. The molecule has 5 nitrogen and oxygen atoms in total. The number of nitro groups is 1. The van der Waals surface area contributed by atoms with Crippen LogP contribution in [0.5, 0.6) is 0 Å². The highest BCUT2D eigenvalue weighted by molar-refractivity contribution is 5.58. The first kappa shape index (κ1) is 12.0. The van der Waals surface area contributed by atoms with E-state index in [0.29, 0.717) is 17.9 Å². The normalized spacial score (nSPS) is 11.5. The van der Waals surface area contributed by atoms with Crippen LogP contribution in [0.1, 0.15) is 19.1 Å². The Bertz CT molecular complexity index is 573. The molecule has 2 aromatic heterocycles. The van der Waals surface area contributed by atoms with E-state index in [1.54, 1.807) is 31.5 Å². The molecule has 0 amide bonds. The van der Waals surface area contributed by atoms with Crippen molar-refractivity contribution in [1.82, 2.24) is 4.98 Å². The summed E-state index contributed by atoms with van der Waals surface area (Å²) in [6.07, 6.45) is 5.16. The lowest BCUT2D eigenvalue weighted by Gasteiger charge is -1.94. The average molecular weight is 244 g/mol. The monoisotopic (exact) mass is 244 g/mol. The molecule has 5 heteroatoms. The summed E-state index contributed by atoms with van der Waals surface area (Å²) in [6, 6.07) is 7.16. The summed E-state index contributed by atoms with van der Waals surface area (Å²) in [5.74, 6) is 1.12. The van der Waals surface area contributed by atoms with E-state index < -0.39 is 4.92 Å². The van der Waals surface area contributed by atoms with Gasteiger partial charge in [-0.1, -0.05) is 6.92 Å². The predicted molar refractivity (Wildman–Crippen MR) is 67.2 cm³/mol. The minimum absolute atomic E-state index is 0.127. The minimum Gasteiger partial charge on any atom is -0.456 e. The fourth-order valence-corrected chi connectivity index (χ4v) is 1.54. The molecule has 92 valence electrons. The number of hydrogen-bond acceptors (Lipinski definition) is 4. The summed E-state index contributed by atoms with van der Waals surface area (Å²) >= 11 is 0. The molecule has 0 saturated heterocycles. The minimum atomic E-state index is -0.397. The Balaban J connectivity index is 2.29. The number of hydrogen-bond donors (Lipinski definition) is 0. The van der Waals surface area contributed by atoms with Crippen molar-refractivity contribution in [3.8, 4) is 11.3 Å². The van der Waals surface area contributed by atoms with Crippen molar-refractivity contribution in [3.05, 3.63) is 58.2 Å². The van der Waals surface area contributed by atoms with Gasteiger partial charge < -0.3 is 4.42 Å². The average Bonchev–Trinajstić information content (AvgIpc) is 2.85. The summed E-state index contributed by atoms with van der Waals surface area (Å²) in [5, 5.41) is 10.7. The van der Waals surface area contributed by atoms with Crippen LogP contribution in [0.4, 0.5) is 0 Å². The molecule has 0 unspecified atom stereocenters. The topological polar surface area (TPSA) is 69.2 Å². The molecule has 0 aliphatic carbocycles. The second kappa shape index (κ2) is 5.27. The van der Waals surface area contributed by atoms with E-state index in [0.717, 1.165) is 5.56 Å². The number of nitrogens with zero attached hydrogens (tertiary/aromatic N) is 2. The van der Waals surface area contributed by atoms with Crippen LogP contribution in [-0.2, 0) is 0 Å². The van der Waals surface area contributed by atoms with Crippen LogP contribution in [-0.4, -0.2) is 9.91 Å². The Hall–Kier alpha value is -2.43. The molecule has 2 heterocycles. The second-order valence-electron chi connectivity index (χ2n) is 3.69. The van der Waals surface area contributed by atoms with Crippen molar-refractivity contribution in [2.24, 2.45) is 0 Å². The molecule has 0 aliphatic heterocycles. The van der Waals surface area contributed by atoms with Crippen LogP contribution in [0.15, 0.2) is 46.8 Å². The van der Waals surface area contributed by atoms with Gasteiger partial charge in [-0.05, 0) is 24.3 Å². The van der Waals surface area contributed by atoms with Crippen LogP contribution in [0.25, 0.3) is 17.4 Å². The molecule has 2 aromatic rings. The second-order valence-corrected chi connectivity index (χ2v) is 3.69. The molecule has 0 spiro atoms. The van der Waals surface area contributed by atoms with E-state index in [1.807, 2.05) is 12.1 Å². The molecule has 18 heavy (non-hydrogen) atoms. The van der Waals surface area contributed by atoms with Gasteiger partial charge in [0.15, 0.2) is 0 Å². The fourth-order valence-electron chi connectivity index (χ4n) is 1.54. The van der Waals surface area contributed by atoms with E-state index in [1.165, 1.54) is 6.08 Å². The van der Waals surface area contributed by atoms with Crippen molar-refractivity contribution < 1.29 is 9.34 Å². The fraction of sp³-hybridized carbons (Fsp3) is 0.154. The maximum Gasteiger partial charge on any atom is 0.249 e. The third-order valence-corrected chi connectivity index (χ3v) is 2.48. The highest BCUT2D eigenvalue weighted by Gasteiger charge is 2.10. The largest absolute Gasteiger partial charge is 0.456 e. The van der Waals surface area contributed by atoms with Crippen molar-refractivity contribution in [2.45, 2.75) is 13.3 Å². The molecular weight excluding hydrogens is 232 g/mol. The Kier molecular flexibility index (Phi) is 3.52. The molecule has 0 N–H and O–H groups in total. The first-order chi connectivity index (χ1) is 8.70. The van der Waals surface area contributed by atoms with Gasteiger partial charge in [-0.2, -0.15) is 0 Å². The van der Waals surface area contributed by atoms with Crippen LogP contribution < -0.4 is 0 Å². The third kappa shape index (κ3) is 2.63. The van der Waals surface area contributed by atoms with Gasteiger partial charge in [0.05, 0.1) is 11.0 Å². The van der Waals surface area contributed by atoms with E-state index in [9.17, 15) is 10.1 Å². The molecule has 2 rings (SSSR count). The van der Waals surface area contributed by atoms with Gasteiger partial charge in [-0.25, -0.2) is 0 Å². The molecule has 0 atom stereocenters. The molecule has 0 saturated carbocycles. The van der Waals surface area contributed by atoms with Crippen molar-refractivity contribution >= 4 is 6.08 Å². The van der Waals surface area contributed by atoms with Crippen molar-refractivity contribution in [2.75, 3.05) is 0 Å². The SMILES string of the molecule is CCC(=Cc1ccc(-c2cccnc2)o1)[N+](=O)[O-]. The van der Waals surface area contributed by atoms with E-state index in [2.05, 4.69) is 4.98 Å². The third-order valence-electron chi connectivity index (χ3n) is 2.48. The lowest BCUT2D eigenvalue weighted by atomic mass is 10.2. The summed E-state index contributed by atoms with van der Waals surface area (Å²) < 4.78 is 5.53. The molecular formula is C13H12N2O3. The first-order valence-electron chi connectivity index (χ1n) is 5.56. The van der Waals surface area contributed by atoms with Crippen LogP contribution in [0, 0.1) is 10.1 Å². The summed E-state index contributed by atoms with van der Waals surface area (Å²) in [5.41, 5.74) is 0.971. The van der Waals surface area contributed by atoms with Crippen LogP contribution in [0.3, 0.4) is 0 Å². The van der Waals surface area contributed by atoms with Gasteiger partial charge >= 0.3 is 0 Å². The molecule has 0 radical (unpaired) electrons. The van der Waals surface area contributed by atoms with E-state index >= 15 is 0 Å². The summed E-state index contributed by atoms with van der Waals surface area (Å²) in [6.45, 7) is 1.74. The van der Waals surface area contributed by atoms with Gasteiger partial charge in [-0.15, -0.1) is 0 Å². The standard InChI is InChI=1S/C13H12N2O3/c1-2-11(15(16)17)8-12-5-6-13(18-12)10-4-3-7-14-9-10/h3-9H,2H2,1H3. The van der Waals surface area contributed by atoms with Gasteiger partial charge in [-0.3, -0.25) is 15.1 Å². The number of aromatic nitrogens is 1. The highest BCUT2D eigenvalue weighted by atomic mass is 16.6. The number of rotatable bonds is 4. The van der Waals surface area contributed by atoms with Gasteiger partial charge in [0, 0.05) is 24.4 Å². The molecule has 0 bridgehead atoms. The summed E-state index contributed by atoms with van der Waals surface area (Å²) in [7, 11) is 0. The zero-order valence-corrected chi connectivity index (χ0v) is 9.87. The Labute approximate surface area is 104 Å². The smallest absolute Gasteiger partial charge is 0.249 e. The van der Waals surface area contributed by atoms with Gasteiger partial charge in [0.1, 0.15) is 11.5 Å². The van der Waals surface area contributed by atoms with Crippen LogP contribution >= 0.6 is 0 Å². The van der Waals surface area contributed by atoms with E-state index in [4.69, 9.17) is 4.42 Å². The zero-order chi connectivity index (χ0) is 13.0.